The molecule has 1 aliphatic rings. The number of amides is 1. The lowest BCUT2D eigenvalue weighted by Gasteiger charge is -2.33. The third-order valence-electron chi connectivity index (χ3n) is 6.79. The first-order chi connectivity index (χ1) is 16.9. The van der Waals surface area contributed by atoms with E-state index in [4.69, 9.17) is 15.2 Å². The number of carbonyl (C=O) groups is 1. The third kappa shape index (κ3) is 5.65. The van der Waals surface area contributed by atoms with Gasteiger partial charge in [0.25, 0.3) is 0 Å². The molecule has 6 heteroatoms. The first kappa shape index (κ1) is 25.1. The van der Waals surface area contributed by atoms with Crippen LogP contribution in [-0.4, -0.2) is 34.7 Å². The fourth-order valence-electron chi connectivity index (χ4n) is 4.57. The topological polar surface area (TPSA) is 78.6 Å². The maximum absolute atomic E-state index is 13.2. The molecule has 4 rings (SSSR count). The SMILES string of the molecule is CCc1ccc(-c2cccc(CCOc3ccc(S(=O)C4(C(N)=O)CCOCC4)cc3)c2)cc1C. The van der Waals surface area contributed by atoms with Crippen molar-refractivity contribution in [3.8, 4) is 16.9 Å². The van der Waals surface area contributed by atoms with Crippen molar-refractivity contribution in [2.45, 2.75) is 49.2 Å². The molecule has 0 aromatic heterocycles. The predicted octanol–water partition coefficient (Wildman–Crippen LogP) is 4.99. The van der Waals surface area contributed by atoms with Gasteiger partial charge in [0.15, 0.2) is 0 Å². The molecule has 0 saturated carbocycles. The summed E-state index contributed by atoms with van der Waals surface area (Å²) in [5.74, 6) is 0.172. The zero-order chi connectivity index (χ0) is 24.8. The van der Waals surface area contributed by atoms with Crippen LogP contribution in [0.1, 0.15) is 36.5 Å². The maximum atomic E-state index is 13.2. The van der Waals surface area contributed by atoms with Crippen molar-refractivity contribution in [3.05, 3.63) is 83.4 Å². The molecule has 3 aromatic carbocycles. The second-order valence-corrected chi connectivity index (χ2v) is 10.8. The number of hydrogen-bond donors (Lipinski definition) is 1. The van der Waals surface area contributed by atoms with Crippen LogP contribution in [0.4, 0.5) is 0 Å². The van der Waals surface area contributed by atoms with Gasteiger partial charge in [-0.1, -0.05) is 49.4 Å². The van der Waals surface area contributed by atoms with Gasteiger partial charge in [-0.3, -0.25) is 9.00 Å². The zero-order valence-electron chi connectivity index (χ0n) is 20.4. The van der Waals surface area contributed by atoms with Crippen LogP contribution in [0, 0.1) is 6.92 Å². The maximum Gasteiger partial charge on any atom is 0.236 e. The summed E-state index contributed by atoms with van der Waals surface area (Å²) in [7, 11) is -1.54. The molecule has 1 aliphatic heterocycles. The molecule has 1 heterocycles. The molecule has 3 aromatic rings. The average Bonchev–Trinajstić information content (AvgIpc) is 2.89. The van der Waals surface area contributed by atoms with Crippen LogP contribution in [0.3, 0.4) is 0 Å². The number of primary amides is 1. The number of rotatable bonds is 9. The van der Waals surface area contributed by atoms with Crippen LogP contribution < -0.4 is 10.5 Å². The van der Waals surface area contributed by atoms with Gasteiger partial charge in [0, 0.05) is 24.5 Å². The summed E-state index contributed by atoms with van der Waals surface area (Å²) in [6, 6.07) is 22.3. The number of carbonyl (C=O) groups excluding carboxylic acids is 1. The van der Waals surface area contributed by atoms with Crippen molar-refractivity contribution >= 4 is 16.7 Å². The second-order valence-electron chi connectivity index (χ2n) is 9.00. The molecule has 2 N–H and O–H groups in total. The van der Waals surface area contributed by atoms with Crippen molar-refractivity contribution < 1.29 is 18.5 Å². The molecule has 1 fully saturated rings. The second kappa shape index (κ2) is 11.2. The number of ether oxygens (including phenoxy) is 2. The highest BCUT2D eigenvalue weighted by molar-refractivity contribution is 7.87. The Hall–Kier alpha value is -2.96. The Labute approximate surface area is 210 Å². The molecular formula is C29H33NO4S. The molecule has 1 atom stereocenters. The highest BCUT2D eigenvalue weighted by atomic mass is 32.2. The van der Waals surface area contributed by atoms with Gasteiger partial charge in [-0.25, -0.2) is 0 Å². The standard InChI is InChI=1S/C29H33NO4S/c1-3-23-7-8-25(19-21(23)2)24-6-4-5-22(20-24)13-16-34-26-9-11-27(12-10-26)35(32)29(28(30)31)14-17-33-18-15-29/h4-12,19-20H,3,13-18H2,1-2H3,(H2,30,31). The van der Waals surface area contributed by atoms with Crippen LogP contribution in [0.2, 0.25) is 0 Å². The molecule has 35 heavy (non-hydrogen) atoms. The quantitative estimate of drug-likeness (QED) is 0.458. The summed E-state index contributed by atoms with van der Waals surface area (Å²) in [5.41, 5.74) is 12.0. The molecule has 0 bridgehead atoms. The van der Waals surface area contributed by atoms with Crippen LogP contribution in [0.5, 0.6) is 5.75 Å². The Morgan fingerprint density at radius 3 is 2.40 bits per heavy atom. The van der Waals surface area contributed by atoms with Crippen LogP contribution in [0.15, 0.2) is 71.6 Å². The Balaban J connectivity index is 1.37. The first-order valence-corrected chi connectivity index (χ1v) is 13.3. The largest absolute Gasteiger partial charge is 0.493 e. The first-order valence-electron chi connectivity index (χ1n) is 12.1. The Morgan fingerprint density at radius 2 is 1.74 bits per heavy atom. The van der Waals surface area contributed by atoms with E-state index in [1.165, 1.54) is 27.8 Å². The van der Waals surface area contributed by atoms with Crippen molar-refractivity contribution in [2.24, 2.45) is 5.73 Å². The third-order valence-corrected chi connectivity index (χ3v) is 8.81. The van der Waals surface area contributed by atoms with Gasteiger partial charge >= 0.3 is 0 Å². The van der Waals surface area contributed by atoms with Crippen LogP contribution in [0.25, 0.3) is 11.1 Å². The molecule has 0 radical (unpaired) electrons. The van der Waals surface area contributed by atoms with Gasteiger partial charge in [0.05, 0.1) is 17.4 Å². The van der Waals surface area contributed by atoms with E-state index in [0.717, 1.165) is 12.8 Å². The minimum atomic E-state index is -1.54. The van der Waals surface area contributed by atoms with E-state index in [2.05, 4.69) is 56.3 Å². The fourth-order valence-corrected chi connectivity index (χ4v) is 6.13. The van der Waals surface area contributed by atoms with Gasteiger partial charge in [-0.2, -0.15) is 0 Å². The highest BCUT2D eigenvalue weighted by Gasteiger charge is 2.45. The molecule has 184 valence electrons. The summed E-state index contributed by atoms with van der Waals surface area (Å²) >= 11 is 0. The molecule has 0 spiro atoms. The number of hydrogen-bond acceptors (Lipinski definition) is 4. The summed E-state index contributed by atoms with van der Waals surface area (Å²) in [5, 5.41) is 0. The highest BCUT2D eigenvalue weighted by Crippen LogP contribution is 2.32. The fraction of sp³-hybridized carbons (Fsp3) is 0.345. The predicted molar refractivity (Wildman–Crippen MR) is 140 cm³/mol. The molecular weight excluding hydrogens is 458 g/mol. The van der Waals surface area contributed by atoms with Gasteiger partial charge in [0.1, 0.15) is 10.5 Å². The number of aryl methyl sites for hydroxylation is 2. The van der Waals surface area contributed by atoms with E-state index >= 15 is 0 Å². The molecule has 1 unspecified atom stereocenters. The Kier molecular flexibility index (Phi) is 8.04. The zero-order valence-corrected chi connectivity index (χ0v) is 21.2. The summed E-state index contributed by atoms with van der Waals surface area (Å²) in [4.78, 5) is 12.7. The summed E-state index contributed by atoms with van der Waals surface area (Å²) in [6.45, 7) is 5.65. The monoisotopic (exact) mass is 491 g/mol. The minimum Gasteiger partial charge on any atom is -0.493 e. The van der Waals surface area contributed by atoms with Crippen molar-refractivity contribution in [3.63, 3.8) is 0 Å². The van der Waals surface area contributed by atoms with E-state index < -0.39 is 21.5 Å². The van der Waals surface area contributed by atoms with E-state index in [1.807, 2.05) is 0 Å². The van der Waals surface area contributed by atoms with E-state index in [-0.39, 0.29) is 0 Å². The van der Waals surface area contributed by atoms with Crippen LogP contribution >= 0.6 is 0 Å². The molecule has 1 amide bonds. The Morgan fingerprint density at radius 1 is 1.03 bits per heavy atom. The van der Waals surface area contributed by atoms with Gasteiger partial charge < -0.3 is 15.2 Å². The minimum absolute atomic E-state index is 0.370. The van der Waals surface area contributed by atoms with E-state index in [1.54, 1.807) is 24.3 Å². The lowest BCUT2D eigenvalue weighted by molar-refractivity contribution is -0.122. The average molecular weight is 492 g/mol. The van der Waals surface area contributed by atoms with E-state index in [0.29, 0.717) is 43.3 Å². The lowest BCUT2D eigenvalue weighted by atomic mass is 9.97. The van der Waals surface area contributed by atoms with Crippen molar-refractivity contribution in [1.82, 2.24) is 0 Å². The van der Waals surface area contributed by atoms with Crippen LogP contribution in [-0.2, 0) is 33.2 Å². The summed E-state index contributed by atoms with van der Waals surface area (Å²) in [6.07, 6.45) is 2.56. The molecule has 0 aliphatic carbocycles. The van der Waals surface area contributed by atoms with Crippen molar-refractivity contribution in [1.29, 1.82) is 0 Å². The Bertz CT molecular complexity index is 1200. The van der Waals surface area contributed by atoms with Gasteiger partial charge in [-0.05, 0) is 78.3 Å². The molecule has 5 nitrogen and oxygen atoms in total. The van der Waals surface area contributed by atoms with Gasteiger partial charge in [-0.15, -0.1) is 0 Å². The van der Waals surface area contributed by atoms with E-state index in [9.17, 15) is 9.00 Å². The molecule has 1 saturated heterocycles. The summed E-state index contributed by atoms with van der Waals surface area (Å²) < 4.78 is 23.4. The van der Waals surface area contributed by atoms with Gasteiger partial charge in [0.2, 0.25) is 5.91 Å². The normalized spacial score (nSPS) is 15.9. The van der Waals surface area contributed by atoms with Crippen molar-refractivity contribution in [2.75, 3.05) is 19.8 Å². The number of benzene rings is 3. The smallest absolute Gasteiger partial charge is 0.236 e. The number of nitrogens with two attached hydrogens (primary N) is 1. The lowest BCUT2D eigenvalue weighted by Crippen LogP contribution is -2.51.